The van der Waals surface area contributed by atoms with Gasteiger partial charge in [-0.25, -0.2) is 4.79 Å². The Labute approximate surface area is 83.7 Å². The minimum atomic E-state index is -1.01. The van der Waals surface area contributed by atoms with Gasteiger partial charge in [0.15, 0.2) is 0 Å². The lowest BCUT2D eigenvalue weighted by atomic mass is 10.1. The van der Waals surface area contributed by atoms with Crippen molar-refractivity contribution in [1.29, 1.82) is 0 Å². The molecule has 4 N–H and O–H groups in total. The molecule has 0 radical (unpaired) electrons. The molecule has 1 unspecified atom stereocenters. The summed E-state index contributed by atoms with van der Waals surface area (Å²) in [6.45, 7) is 3.87. The van der Waals surface area contributed by atoms with Gasteiger partial charge in [-0.3, -0.25) is 4.79 Å². The molecule has 0 fully saturated rings. The van der Waals surface area contributed by atoms with Crippen LogP contribution in [0.1, 0.15) is 26.7 Å². The van der Waals surface area contributed by atoms with Crippen LogP contribution in [0.5, 0.6) is 0 Å². The molecule has 0 heterocycles. The molecule has 14 heavy (non-hydrogen) atoms. The number of nitrogens with two attached hydrogens (primary N) is 1. The summed E-state index contributed by atoms with van der Waals surface area (Å²) in [5.74, 6) is -1.45. The number of rotatable bonds is 6. The van der Waals surface area contributed by atoms with Crippen LogP contribution in [-0.4, -0.2) is 29.6 Å². The smallest absolute Gasteiger partial charge is 0.326 e. The molecular weight excluding hydrogens is 184 g/mol. The van der Waals surface area contributed by atoms with Crippen molar-refractivity contribution < 1.29 is 14.7 Å². The first kappa shape index (κ1) is 12.9. The van der Waals surface area contributed by atoms with Crippen LogP contribution in [0.25, 0.3) is 0 Å². The fraction of sp³-hybridized carbons (Fsp3) is 0.778. The fourth-order valence-corrected chi connectivity index (χ4v) is 0.918. The third-order valence-electron chi connectivity index (χ3n) is 1.84. The van der Waals surface area contributed by atoms with Crippen molar-refractivity contribution in [2.24, 2.45) is 11.7 Å². The van der Waals surface area contributed by atoms with E-state index in [0.29, 0.717) is 19.4 Å². The molecule has 0 aromatic carbocycles. The highest BCUT2D eigenvalue weighted by Crippen LogP contribution is 1.99. The van der Waals surface area contributed by atoms with Gasteiger partial charge in [-0.15, -0.1) is 0 Å². The van der Waals surface area contributed by atoms with Gasteiger partial charge in [0.1, 0.15) is 6.04 Å². The Kier molecular flexibility index (Phi) is 5.87. The highest BCUT2D eigenvalue weighted by Gasteiger charge is 2.20. The van der Waals surface area contributed by atoms with Crippen molar-refractivity contribution in [2.75, 3.05) is 6.54 Å². The Balaban J connectivity index is 4.09. The van der Waals surface area contributed by atoms with Gasteiger partial charge in [-0.1, -0.05) is 13.8 Å². The summed E-state index contributed by atoms with van der Waals surface area (Å²) < 4.78 is 0. The van der Waals surface area contributed by atoms with E-state index in [1.54, 1.807) is 13.8 Å². The van der Waals surface area contributed by atoms with Crippen LogP contribution in [0.2, 0.25) is 0 Å². The second kappa shape index (κ2) is 6.37. The highest BCUT2D eigenvalue weighted by atomic mass is 16.4. The predicted molar refractivity (Wildman–Crippen MR) is 52.7 cm³/mol. The molecule has 0 aromatic rings. The maximum absolute atomic E-state index is 11.2. The van der Waals surface area contributed by atoms with Crippen LogP contribution in [-0.2, 0) is 9.59 Å². The monoisotopic (exact) mass is 202 g/mol. The SMILES string of the molecule is CC(C)C(=O)NC(CCCN)C(=O)O. The Morgan fingerprint density at radius 3 is 2.36 bits per heavy atom. The number of carboxylic acid groups (broad SMARTS) is 1. The second-order valence-electron chi connectivity index (χ2n) is 3.49. The number of amides is 1. The van der Waals surface area contributed by atoms with E-state index in [4.69, 9.17) is 10.8 Å². The topological polar surface area (TPSA) is 92.4 Å². The lowest BCUT2D eigenvalue weighted by molar-refractivity contribution is -0.142. The van der Waals surface area contributed by atoms with Gasteiger partial charge >= 0.3 is 5.97 Å². The summed E-state index contributed by atoms with van der Waals surface area (Å²) in [6, 6.07) is -0.812. The van der Waals surface area contributed by atoms with E-state index in [9.17, 15) is 9.59 Å². The number of carbonyl (C=O) groups is 2. The van der Waals surface area contributed by atoms with Gasteiger partial charge in [0.05, 0.1) is 0 Å². The van der Waals surface area contributed by atoms with E-state index < -0.39 is 12.0 Å². The van der Waals surface area contributed by atoms with Crippen molar-refractivity contribution in [2.45, 2.75) is 32.7 Å². The first-order valence-corrected chi connectivity index (χ1v) is 4.72. The Morgan fingerprint density at radius 2 is 2.00 bits per heavy atom. The summed E-state index contributed by atoms with van der Waals surface area (Å²) >= 11 is 0. The molecule has 1 atom stereocenters. The average molecular weight is 202 g/mol. The normalized spacial score (nSPS) is 12.6. The molecule has 0 aliphatic rings. The third kappa shape index (κ3) is 4.81. The van der Waals surface area contributed by atoms with E-state index in [0.717, 1.165) is 0 Å². The Morgan fingerprint density at radius 1 is 1.43 bits per heavy atom. The largest absolute Gasteiger partial charge is 0.480 e. The van der Waals surface area contributed by atoms with E-state index in [1.807, 2.05) is 0 Å². The van der Waals surface area contributed by atoms with Gasteiger partial charge in [-0.05, 0) is 19.4 Å². The quantitative estimate of drug-likeness (QED) is 0.563. The maximum Gasteiger partial charge on any atom is 0.326 e. The van der Waals surface area contributed by atoms with Crippen molar-refractivity contribution >= 4 is 11.9 Å². The lowest BCUT2D eigenvalue weighted by Gasteiger charge is -2.15. The van der Waals surface area contributed by atoms with Crippen LogP contribution in [0.3, 0.4) is 0 Å². The molecular formula is C9H18N2O3. The molecule has 1 amide bonds. The van der Waals surface area contributed by atoms with Gasteiger partial charge in [0.25, 0.3) is 0 Å². The molecule has 0 saturated carbocycles. The molecule has 5 nitrogen and oxygen atoms in total. The zero-order valence-corrected chi connectivity index (χ0v) is 8.62. The van der Waals surface area contributed by atoms with E-state index >= 15 is 0 Å². The number of hydrogen-bond donors (Lipinski definition) is 3. The standard InChI is InChI=1S/C9H18N2O3/c1-6(2)8(12)11-7(9(13)14)4-3-5-10/h6-7H,3-5,10H2,1-2H3,(H,11,12)(H,13,14). The zero-order chi connectivity index (χ0) is 11.1. The fourth-order valence-electron chi connectivity index (χ4n) is 0.918. The predicted octanol–water partition coefficient (Wildman–Crippen LogP) is -0.0493. The first-order chi connectivity index (χ1) is 6.49. The molecule has 0 rings (SSSR count). The Bertz CT molecular complexity index is 204. The summed E-state index contributed by atoms with van der Waals surface area (Å²) in [7, 11) is 0. The van der Waals surface area contributed by atoms with Crippen molar-refractivity contribution in [3.05, 3.63) is 0 Å². The minimum Gasteiger partial charge on any atom is -0.480 e. The van der Waals surface area contributed by atoms with Crippen molar-refractivity contribution in [3.8, 4) is 0 Å². The second-order valence-corrected chi connectivity index (χ2v) is 3.49. The zero-order valence-electron chi connectivity index (χ0n) is 8.62. The van der Waals surface area contributed by atoms with Crippen LogP contribution < -0.4 is 11.1 Å². The lowest BCUT2D eigenvalue weighted by Crippen LogP contribution is -2.42. The summed E-state index contributed by atoms with van der Waals surface area (Å²) in [6.07, 6.45) is 0.972. The number of aliphatic carboxylic acids is 1. The van der Waals surface area contributed by atoms with E-state index in [-0.39, 0.29) is 11.8 Å². The molecule has 82 valence electrons. The van der Waals surface area contributed by atoms with E-state index in [1.165, 1.54) is 0 Å². The van der Waals surface area contributed by atoms with Crippen LogP contribution in [0.15, 0.2) is 0 Å². The van der Waals surface area contributed by atoms with E-state index in [2.05, 4.69) is 5.32 Å². The summed E-state index contributed by atoms with van der Waals surface area (Å²) in [5.41, 5.74) is 5.26. The van der Waals surface area contributed by atoms with Gasteiger partial charge in [-0.2, -0.15) is 0 Å². The number of hydrogen-bond acceptors (Lipinski definition) is 3. The Hall–Kier alpha value is -1.10. The molecule has 0 bridgehead atoms. The maximum atomic E-state index is 11.2. The highest BCUT2D eigenvalue weighted by molar-refractivity contribution is 5.84. The van der Waals surface area contributed by atoms with Gasteiger partial charge in [0, 0.05) is 5.92 Å². The van der Waals surface area contributed by atoms with Crippen LogP contribution >= 0.6 is 0 Å². The summed E-state index contributed by atoms with van der Waals surface area (Å²) in [5, 5.41) is 11.2. The van der Waals surface area contributed by atoms with Crippen LogP contribution in [0, 0.1) is 5.92 Å². The molecule has 0 aliphatic carbocycles. The molecule has 0 spiro atoms. The van der Waals surface area contributed by atoms with Gasteiger partial charge in [0.2, 0.25) is 5.91 Å². The van der Waals surface area contributed by atoms with Crippen LogP contribution in [0.4, 0.5) is 0 Å². The number of nitrogens with one attached hydrogen (secondary N) is 1. The van der Waals surface area contributed by atoms with Crippen molar-refractivity contribution in [3.63, 3.8) is 0 Å². The third-order valence-corrected chi connectivity index (χ3v) is 1.84. The molecule has 5 heteroatoms. The molecule has 0 saturated heterocycles. The molecule has 0 aromatic heterocycles. The molecule has 0 aliphatic heterocycles. The summed E-state index contributed by atoms with van der Waals surface area (Å²) in [4.78, 5) is 21.9. The minimum absolute atomic E-state index is 0.199. The first-order valence-electron chi connectivity index (χ1n) is 4.72. The average Bonchev–Trinajstić information content (AvgIpc) is 2.10. The number of carbonyl (C=O) groups excluding carboxylic acids is 1. The van der Waals surface area contributed by atoms with Crippen molar-refractivity contribution in [1.82, 2.24) is 5.32 Å². The number of carboxylic acids is 1. The van der Waals surface area contributed by atoms with Gasteiger partial charge < -0.3 is 16.2 Å².